The Labute approximate surface area is 119 Å². The first-order valence-electron chi connectivity index (χ1n) is 6.21. The second-order valence-corrected chi connectivity index (χ2v) is 7.36. The molecule has 2 aliphatic carbocycles. The second-order valence-electron chi connectivity index (χ2n) is 5.08. The highest BCUT2D eigenvalue weighted by Gasteiger charge is 2.47. The van der Waals surface area contributed by atoms with Crippen LogP contribution in [0.2, 0.25) is 0 Å². The minimum Gasteiger partial charge on any atom is -0.258 e. The maximum atomic E-state index is 11.0. The molecule has 2 aliphatic rings. The fourth-order valence-corrected chi connectivity index (χ4v) is 5.93. The molecule has 0 N–H and O–H groups in total. The lowest BCUT2D eigenvalue weighted by Gasteiger charge is -2.26. The summed E-state index contributed by atoms with van der Waals surface area (Å²) in [6.45, 7) is 0. The topological polar surface area (TPSA) is 43.1 Å². The standard InChI is InChI=1S/C13H14BrNO2S/c14-12-8-5-6-9(7-8)13(12)18-11-4-2-1-3-10(11)15(16)17/h1-4,8-9,12-13H,5-7H2/t8-,9+,12+,13+/m0/s1. The van der Waals surface area contributed by atoms with Crippen LogP contribution in [0.25, 0.3) is 0 Å². The number of benzene rings is 1. The summed E-state index contributed by atoms with van der Waals surface area (Å²) in [6.07, 6.45) is 3.88. The monoisotopic (exact) mass is 327 g/mol. The van der Waals surface area contributed by atoms with E-state index < -0.39 is 0 Å². The van der Waals surface area contributed by atoms with Crippen LogP contribution in [-0.4, -0.2) is 15.0 Å². The van der Waals surface area contributed by atoms with Gasteiger partial charge in [-0.2, -0.15) is 0 Å². The van der Waals surface area contributed by atoms with Crippen molar-refractivity contribution in [3.05, 3.63) is 34.4 Å². The molecule has 0 aromatic heterocycles. The maximum absolute atomic E-state index is 11.0. The zero-order chi connectivity index (χ0) is 12.7. The number of para-hydroxylation sites is 1. The van der Waals surface area contributed by atoms with Crippen molar-refractivity contribution in [2.75, 3.05) is 0 Å². The summed E-state index contributed by atoms with van der Waals surface area (Å²) in [5.41, 5.74) is 0.241. The third-order valence-electron chi connectivity index (χ3n) is 4.07. The lowest BCUT2D eigenvalue weighted by Crippen LogP contribution is -2.24. The number of hydrogen-bond donors (Lipinski definition) is 0. The number of alkyl halides is 1. The van der Waals surface area contributed by atoms with Gasteiger partial charge in [0, 0.05) is 16.1 Å². The van der Waals surface area contributed by atoms with E-state index in [1.165, 1.54) is 19.3 Å². The van der Waals surface area contributed by atoms with Crippen LogP contribution in [0.15, 0.2) is 29.2 Å². The van der Waals surface area contributed by atoms with Crippen LogP contribution in [0.4, 0.5) is 5.69 Å². The van der Waals surface area contributed by atoms with Gasteiger partial charge in [-0.05, 0) is 37.2 Å². The van der Waals surface area contributed by atoms with Crippen LogP contribution in [-0.2, 0) is 0 Å². The molecule has 2 bridgehead atoms. The minimum absolute atomic E-state index is 0.241. The highest BCUT2D eigenvalue weighted by atomic mass is 79.9. The fraction of sp³-hybridized carbons (Fsp3) is 0.538. The average molecular weight is 328 g/mol. The Bertz CT molecular complexity index is 480. The van der Waals surface area contributed by atoms with E-state index in [4.69, 9.17) is 0 Å². The summed E-state index contributed by atoms with van der Waals surface area (Å²) in [4.78, 5) is 12.1. The quantitative estimate of drug-likeness (QED) is 0.473. The number of thioether (sulfide) groups is 1. The van der Waals surface area contributed by atoms with Gasteiger partial charge >= 0.3 is 0 Å². The Morgan fingerprint density at radius 3 is 2.67 bits per heavy atom. The van der Waals surface area contributed by atoms with Gasteiger partial charge in [0.2, 0.25) is 0 Å². The van der Waals surface area contributed by atoms with Gasteiger partial charge in [0.25, 0.3) is 5.69 Å². The third kappa shape index (κ3) is 2.07. The first-order valence-corrected chi connectivity index (χ1v) is 8.00. The molecule has 3 nitrogen and oxygen atoms in total. The van der Waals surface area contributed by atoms with Gasteiger partial charge in [0.1, 0.15) is 0 Å². The van der Waals surface area contributed by atoms with E-state index in [9.17, 15) is 10.1 Å². The zero-order valence-corrected chi connectivity index (χ0v) is 12.2. The van der Waals surface area contributed by atoms with Crippen molar-refractivity contribution in [2.24, 2.45) is 11.8 Å². The van der Waals surface area contributed by atoms with Gasteiger partial charge in [-0.1, -0.05) is 28.1 Å². The van der Waals surface area contributed by atoms with E-state index in [0.717, 1.165) is 16.7 Å². The molecular weight excluding hydrogens is 314 g/mol. The molecule has 5 heteroatoms. The first-order chi connectivity index (χ1) is 8.66. The summed E-state index contributed by atoms with van der Waals surface area (Å²) < 4.78 is 0. The Hall–Kier alpha value is -0.550. The molecule has 0 saturated heterocycles. The van der Waals surface area contributed by atoms with Gasteiger partial charge in [0.05, 0.1) is 9.82 Å². The number of nitrogens with zero attached hydrogens (tertiary/aromatic N) is 1. The Morgan fingerprint density at radius 2 is 2.00 bits per heavy atom. The predicted octanol–water partition coefficient (Wildman–Crippen LogP) is 4.25. The predicted molar refractivity (Wildman–Crippen MR) is 76.3 cm³/mol. The molecule has 18 heavy (non-hydrogen) atoms. The molecular formula is C13H14BrNO2S. The number of rotatable bonds is 3. The van der Waals surface area contributed by atoms with Gasteiger partial charge in [-0.15, -0.1) is 11.8 Å². The van der Waals surface area contributed by atoms with Crippen LogP contribution in [0, 0.1) is 22.0 Å². The number of nitro groups is 1. The lowest BCUT2D eigenvalue weighted by atomic mass is 10.0. The molecule has 1 aromatic carbocycles. The van der Waals surface area contributed by atoms with Crippen molar-refractivity contribution in [3.8, 4) is 0 Å². The summed E-state index contributed by atoms with van der Waals surface area (Å²) >= 11 is 5.48. The van der Waals surface area contributed by atoms with Crippen molar-refractivity contribution in [2.45, 2.75) is 34.2 Å². The molecule has 2 saturated carbocycles. The summed E-state index contributed by atoms with van der Waals surface area (Å²) in [7, 11) is 0. The Kier molecular flexibility index (Phi) is 3.36. The zero-order valence-electron chi connectivity index (χ0n) is 9.79. The number of fused-ring (bicyclic) bond motifs is 2. The van der Waals surface area contributed by atoms with Crippen molar-refractivity contribution in [1.82, 2.24) is 0 Å². The Morgan fingerprint density at radius 1 is 1.28 bits per heavy atom. The van der Waals surface area contributed by atoms with Gasteiger partial charge in [0.15, 0.2) is 0 Å². The van der Waals surface area contributed by atoms with E-state index in [-0.39, 0.29) is 10.6 Å². The molecule has 0 radical (unpaired) electrons. The summed E-state index contributed by atoms with van der Waals surface area (Å²) in [5, 5.41) is 11.5. The first kappa shape index (κ1) is 12.5. The van der Waals surface area contributed by atoms with Crippen molar-refractivity contribution >= 4 is 33.4 Å². The molecule has 2 fully saturated rings. The van der Waals surface area contributed by atoms with Crippen molar-refractivity contribution in [3.63, 3.8) is 0 Å². The molecule has 1 aromatic rings. The molecule has 0 aliphatic heterocycles. The average Bonchev–Trinajstić information content (AvgIpc) is 2.93. The molecule has 0 heterocycles. The largest absolute Gasteiger partial charge is 0.282 e. The molecule has 96 valence electrons. The number of nitro benzene ring substituents is 1. The Balaban J connectivity index is 1.83. The van der Waals surface area contributed by atoms with Crippen molar-refractivity contribution < 1.29 is 4.92 Å². The van der Waals surface area contributed by atoms with Gasteiger partial charge < -0.3 is 0 Å². The van der Waals surface area contributed by atoms with Gasteiger partial charge in [-0.3, -0.25) is 10.1 Å². The molecule has 3 rings (SSSR count). The SMILES string of the molecule is O=[N+]([O-])c1ccccc1S[C@@H]1[C@@H]2CC[C@@H](C2)[C@H]1Br. The lowest BCUT2D eigenvalue weighted by molar-refractivity contribution is -0.387. The van der Waals surface area contributed by atoms with Crippen LogP contribution >= 0.6 is 27.7 Å². The minimum atomic E-state index is -0.279. The van der Waals surface area contributed by atoms with Crippen LogP contribution < -0.4 is 0 Å². The van der Waals surface area contributed by atoms with Crippen LogP contribution in [0.5, 0.6) is 0 Å². The maximum Gasteiger partial charge on any atom is 0.282 e. The third-order valence-corrected chi connectivity index (χ3v) is 7.28. The van der Waals surface area contributed by atoms with E-state index >= 15 is 0 Å². The normalized spacial score (nSPS) is 33.8. The van der Waals surface area contributed by atoms with Gasteiger partial charge in [-0.25, -0.2) is 0 Å². The van der Waals surface area contributed by atoms with Crippen molar-refractivity contribution in [1.29, 1.82) is 0 Å². The fourth-order valence-electron chi connectivity index (χ4n) is 3.18. The summed E-state index contributed by atoms with van der Waals surface area (Å²) in [6, 6.07) is 7.08. The number of halogens is 1. The second kappa shape index (κ2) is 4.85. The number of hydrogen-bond acceptors (Lipinski definition) is 3. The van der Waals surface area contributed by atoms with E-state index in [1.54, 1.807) is 23.9 Å². The van der Waals surface area contributed by atoms with Crippen LogP contribution in [0.1, 0.15) is 19.3 Å². The highest BCUT2D eigenvalue weighted by molar-refractivity contribution is 9.09. The smallest absolute Gasteiger partial charge is 0.258 e. The summed E-state index contributed by atoms with van der Waals surface area (Å²) in [5.74, 6) is 1.50. The molecule has 0 spiro atoms. The molecule has 0 unspecified atom stereocenters. The molecule has 4 atom stereocenters. The highest BCUT2D eigenvalue weighted by Crippen LogP contribution is 2.54. The van der Waals surface area contributed by atoms with Crippen LogP contribution in [0.3, 0.4) is 0 Å². The van der Waals surface area contributed by atoms with E-state index in [2.05, 4.69) is 15.9 Å². The van der Waals surface area contributed by atoms with E-state index in [0.29, 0.717) is 10.1 Å². The molecule has 0 amide bonds. The van der Waals surface area contributed by atoms with E-state index in [1.807, 2.05) is 12.1 Å².